The first kappa shape index (κ1) is 17.0. The van der Waals surface area contributed by atoms with Crippen LogP contribution in [0.2, 0.25) is 0 Å². The minimum Gasteiger partial charge on any atom is -0.388 e. The number of aryl methyl sites for hydroxylation is 1. The van der Waals surface area contributed by atoms with Crippen LogP contribution in [0.4, 0.5) is 0 Å². The van der Waals surface area contributed by atoms with Crippen LogP contribution in [-0.2, 0) is 16.0 Å². The van der Waals surface area contributed by atoms with Crippen molar-refractivity contribution in [1.29, 1.82) is 0 Å². The van der Waals surface area contributed by atoms with E-state index in [1.807, 2.05) is 6.92 Å². The van der Waals surface area contributed by atoms with E-state index in [4.69, 9.17) is 14.0 Å². The van der Waals surface area contributed by atoms with Gasteiger partial charge in [0.15, 0.2) is 5.69 Å². The van der Waals surface area contributed by atoms with Crippen molar-refractivity contribution in [3.8, 4) is 0 Å². The lowest BCUT2D eigenvalue weighted by Crippen LogP contribution is -2.63. The molecule has 1 aromatic heterocycles. The maximum Gasteiger partial charge on any atom is 0.276 e. The molecule has 1 N–H and O–H groups in total. The van der Waals surface area contributed by atoms with Crippen molar-refractivity contribution in [2.45, 2.75) is 38.0 Å². The van der Waals surface area contributed by atoms with Crippen LogP contribution in [0.15, 0.2) is 4.52 Å². The fraction of sp³-hybridized carbons (Fsp3) is 0.765. The summed E-state index contributed by atoms with van der Waals surface area (Å²) < 4.78 is 16.4. The quantitative estimate of drug-likeness (QED) is 0.831. The third kappa shape index (κ3) is 3.19. The summed E-state index contributed by atoms with van der Waals surface area (Å²) in [6.45, 7) is 8.66. The molecule has 25 heavy (non-hydrogen) atoms. The molecular formula is C17H25N3O5. The number of hydrogen-bond acceptors (Lipinski definition) is 7. The van der Waals surface area contributed by atoms with E-state index in [1.165, 1.54) is 0 Å². The van der Waals surface area contributed by atoms with Gasteiger partial charge >= 0.3 is 0 Å². The Hall–Kier alpha value is -1.48. The molecule has 1 spiro atoms. The molecule has 0 bridgehead atoms. The summed E-state index contributed by atoms with van der Waals surface area (Å²) in [6.07, 6.45) is 0.558. The number of hydrogen-bond donors (Lipinski definition) is 1. The minimum absolute atomic E-state index is 0.124. The van der Waals surface area contributed by atoms with E-state index >= 15 is 0 Å². The second kappa shape index (κ2) is 6.05. The van der Waals surface area contributed by atoms with E-state index in [-0.39, 0.29) is 5.91 Å². The van der Waals surface area contributed by atoms with Crippen LogP contribution in [0, 0.1) is 6.92 Å². The highest BCUT2D eigenvalue weighted by Crippen LogP contribution is 2.40. The maximum absolute atomic E-state index is 12.8. The Labute approximate surface area is 146 Å². The van der Waals surface area contributed by atoms with Crippen LogP contribution in [0.3, 0.4) is 0 Å². The minimum atomic E-state index is -0.804. The molecule has 3 aliphatic heterocycles. The predicted octanol–water partition coefficient (Wildman–Crippen LogP) is 0.181. The number of ether oxygens (including phenoxy) is 2. The molecule has 3 fully saturated rings. The molecule has 3 saturated heterocycles. The second-order valence-electron chi connectivity index (χ2n) is 7.76. The van der Waals surface area contributed by atoms with Gasteiger partial charge in [0.25, 0.3) is 5.91 Å². The van der Waals surface area contributed by atoms with Crippen LogP contribution in [0.1, 0.15) is 35.2 Å². The summed E-state index contributed by atoms with van der Waals surface area (Å²) in [5.74, 6) is 0.561. The Morgan fingerprint density at radius 3 is 2.68 bits per heavy atom. The van der Waals surface area contributed by atoms with Gasteiger partial charge in [-0.1, -0.05) is 5.16 Å². The van der Waals surface area contributed by atoms with E-state index in [1.54, 1.807) is 11.8 Å². The van der Waals surface area contributed by atoms with Gasteiger partial charge in [-0.25, -0.2) is 0 Å². The zero-order valence-corrected chi connectivity index (χ0v) is 14.8. The number of likely N-dealkylation sites (tertiary alicyclic amines) is 1. The summed E-state index contributed by atoms with van der Waals surface area (Å²) in [6, 6.07) is 0. The monoisotopic (exact) mass is 351 g/mol. The molecule has 0 aliphatic carbocycles. The van der Waals surface area contributed by atoms with Crippen molar-refractivity contribution in [2.75, 3.05) is 46.0 Å². The lowest BCUT2D eigenvalue weighted by molar-refractivity contribution is -0.0957. The SMILES string of the molecule is Cc1onc(C(=O)N2CC3(C2)CC(C)(O)CO3)c1CN1CCOCC1. The van der Waals surface area contributed by atoms with Gasteiger partial charge in [0.05, 0.1) is 38.5 Å². The van der Waals surface area contributed by atoms with Gasteiger partial charge in [0.1, 0.15) is 11.4 Å². The van der Waals surface area contributed by atoms with Crippen LogP contribution >= 0.6 is 0 Å². The standard InChI is InChI=1S/C17H25N3O5/c1-12-13(7-19-3-5-23-6-4-19)14(18-25-12)15(21)20-9-17(10-20)8-16(2,22)11-24-17/h22H,3-11H2,1-2H3. The zero-order valence-electron chi connectivity index (χ0n) is 14.8. The molecule has 8 nitrogen and oxygen atoms in total. The largest absolute Gasteiger partial charge is 0.388 e. The molecule has 1 unspecified atom stereocenters. The third-order valence-corrected chi connectivity index (χ3v) is 5.31. The Bertz CT molecular complexity index is 659. The molecule has 0 aromatic carbocycles. The smallest absolute Gasteiger partial charge is 0.276 e. The van der Waals surface area contributed by atoms with Gasteiger partial charge in [-0.2, -0.15) is 0 Å². The number of amides is 1. The number of carbonyl (C=O) groups is 1. The summed E-state index contributed by atoms with van der Waals surface area (Å²) in [4.78, 5) is 16.8. The fourth-order valence-electron chi connectivity index (χ4n) is 3.98. The number of rotatable bonds is 3. The molecule has 0 radical (unpaired) electrons. The van der Waals surface area contributed by atoms with Crippen molar-refractivity contribution >= 4 is 5.91 Å². The molecule has 4 heterocycles. The van der Waals surface area contributed by atoms with E-state index in [2.05, 4.69) is 10.1 Å². The van der Waals surface area contributed by atoms with E-state index < -0.39 is 11.2 Å². The average molecular weight is 351 g/mol. The number of nitrogens with zero attached hydrogens (tertiary/aromatic N) is 3. The first-order chi connectivity index (χ1) is 11.9. The third-order valence-electron chi connectivity index (χ3n) is 5.31. The first-order valence-corrected chi connectivity index (χ1v) is 8.78. The predicted molar refractivity (Wildman–Crippen MR) is 87.2 cm³/mol. The average Bonchev–Trinajstić information content (AvgIpc) is 3.07. The number of aliphatic hydroxyl groups is 1. The Kier molecular flexibility index (Phi) is 4.10. The summed E-state index contributed by atoms with van der Waals surface area (Å²) in [5, 5.41) is 14.1. The van der Waals surface area contributed by atoms with Crippen LogP contribution in [0.25, 0.3) is 0 Å². The van der Waals surface area contributed by atoms with E-state index in [0.29, 0.717) is 57.3 Å². The number of carbonyl (C=O) groups excluding carboxylic acids is 1. The lowest BCUT2D eigenvalue weighted by Gasteiger charge is -2.47. The van der Waals surface area contributed by atoms with Crippen molar-refractivity contribution in [3.63, 3.8) is 0 Å². The highest BCUT2D eigenvalue weighted by atomic mass is 16.5. The van der Waals surface area contributed by atoms with Gasteiger partial charge in [0, 0.05) is 31.6 Å². The molecule has 1 aromatic rings. The Morgan fingerprint density at radius 2 is 2.04 bits per heavy atom. The molecule has 0 saturated carbocycles. The lowest BCUT2D eigenvalue weighted by atomic mass is 9.85. The van der Waals surface area contributed by atoms with Crippen molar-refractivity contribution in [3.05, 3.63) is 17.0 Å². The Balaban J connectivity index is 1.43. The first-order valence-electron chi connectivity index (χ1n) is 8.78. The van der Waals surface area contributed by atoms with Gasteiger partial charge < -0.3 is 24.0 Å². The molecule has 138 valence electrons. The van der Waals surface area contributed by atoms with Crippen molar-refractivity contribution < 1.29 is 23.9 Å². The molecule has 4 rings (SSSR count). The van der Waals surface area contributed by atoms with Crippen LogP contribution < -0.4 is 0 Å². The van der Waals surface area contributed by atoms with Gasteiger partial charge in [-0.05, 0) is 13.8 Å². The van der Waals surface area contributed by atoms with Crippen molar-refractivity contribution in [2.24, 2.45) is 0 Å². The van der Waals surface area contributed by atoms with Gasteiger partial charge in [-0.15, -0.1) is 0 Å². The van der Waals surface area contributed by atoms with E-state index in [0.717, 1.165) is 18.7 Å². The summed E-state index contributed by atoms with van der Waals surface area (Å²) in [5.41, 5.74) is 0.0412. The topological polar surface area (TPSA) is 88.3 Å². The Morgan fingerprint density at radius 1 is 1.32 bits per heavy atom. The number of aromatic nitrogens is 1. The second-order valence-corrected chi connectivity index (χ2v) is 7.76. The molecular weight excluding hydrogens is 326 g/mol. The normalized spacial score (nSPS) is 29.2. The molecule has 3 aliphatic rings. The summed E-state index contributed by atoms with van der Waals surface area (Å²) >= 11 is 0. The van der Waals surface area contributed by atoms with Gasteiger partial charge in [0.2, 0.25) is 0 Å². The van der Waals surface area contributed by atoms with Crippen LogP contribution in [0.5, 0.6) is 0 Å². The fourth-order valence-corrected chi connectivity index (χ4v) is 3.98. The molecule has 1 amide bonds. The van der Waals surface area contributed by atoms with Gasteiger partial charge in [-0.3, -0.25) is 9.69 Å². The highest BCUT2D eigenvalue weighted by molar-refractivity contribution is 5.94. The zero-order chi connectivity index (χ0) is 17.7. The van der Waals surface area contributed by atoms with Crippen molar-refractivity contribution in [1.82, 2.24) is 15.0 Å². The highest BCUT2D eigenvalue weighted by Gasteiger charge is 2.55. The molecule has 8 heteroatoms. The van der Waals surface area contributed by atoms with Crippen LogP contribution in [-0.4, -0.2) is 83.2 Å². The molecule has 1 atom stereocenters. The van der Waals surface area contributed by atoms with E-state index in [9.17, 15) is 9.90 Å². The number of morpholine rings is 1. The summed E-state index contributed by atoms with van der Waals surface area (Å²) in [7, 11) is 0. The maximum atomic E-state index is 12.8.